The van der Waals surface area contributed by atoms with Crippen molar-refractivity contribution in [1.29, 1.82) is 0 Å². The average molecular weight is 333 g/mol. The number of carbonyl (C=O) groups is 2. The Morgan fingerprint density at radius 3 is 2.61 bits per heavy atom. The van der Waals surface area contributed by atoms with E-state index in [0.29, 0.717) is 41.0 Å². The van der Waals surface area contributed by atoms with E-state index in [1.807, 2.05) is 17.8 Å². The number of allylic oxidation sites excluding steroid dienone is 1. The Morgan fingerprint density at radius 2 is 1.87 bits per heavy atom. The van der Waals surface area contributed by atoms with E-state index in [0.717, 1.165) is 25.7 Å². The van der Waals surface area contributed by atoms with Crippen LogP contribution in [0.4, 0.5) is 0 Å². The molecule has 4 aliphatic carbocycles. The van der Waals surface area contributed by atoms with Crippen LogP contribution in [0.1, 0.15) is 58.8 Å². The second-order valence-electron chi connectivity index (χ2n) is 8.68. The molecule has 0 aromatic carbocycles. The molecule has 6 atom stereocenters. The first-order valence-corrected chi connectivity index (χ1v) is 10.5. The molecule has 2 nitrogen and oxygen atoms in total. The molecule has 0 amide bonds. The van der Waals surface area contributed by atoms with Crippen molar-refractivity contribution in [3.05, 3.63) is 11.6 Å². The van der Waals surface area contributed by atoms with Gasteiger partial charge in [0.25, 0.3) is 0 Å². The first-order chi connectivity index (χ1) is 10.9. The van der Waals surface area contributed by atoms with E-state index in [-0.39, 0.29) is 10.8 Å². The lowest BCUT2D eigenvalue weighted by molar-refractivity contribution is -0.132. The largest absolute Gasteiger partial charge is 0.299 e. The molecule has 3 fully saturated rings. The van der Waals surface area contributed by atoms with Gasteiger partial charge in [-0.05, 0) is 62.2 Å². The molecule has 3 saturated carbocycles. The van der Waals surface area contributed by atoms with E-state index in [1.54, 1.807) is 0 Å². The zero-order chi connectivity index (χ0) is 16.4. The molecule has 126 valence electrons. The van der Waals surface area contributed by atoms with Gasteiger partial charge in [0.2, 0.25) is 0 Å². The number of ketones is 2. The highest BCUT2D eigenvalue weighted by atomic mass is 32.2. The van der Waals surface area contributed by atoms with Crippen molar-refractivity contribution in [3.8, 4) is 0 Å². The highest BCUT2D eigenvalue weighted by Gasteiger charge is 2.60. The number of thioether (sulfide) groups is 1. The maximum atomic E-state index is 12.5. The van der Waals surface area contributed by atoms with E-state index in [2.05, 4.69) is 20.1 Å². The van der Waals surface area contributed by atoms with E-state index in [9.17, 15) is 9.59 Å². The lowest BCUT2D eigenvalue weighted by atomic mass is 9.47. The van der Waals surface area contributed by atoms with Gasteiger partial charge in [0.15, 0.2) is 5.78 Å². The van der Waals surface area contributed by atoms with E-state index in [4.69, 9.17) is 0 Å². The monoisotopic (exact) mass is 332 g/mol. The molecule has 3 heteroatoms. The fourth-order valence-corrected chi connectivity index (χ4v) is 7.83. The van der Waals surface area contributed by atoms with Crippen LogP contribution in [-0.4, -0.2) is 23.1 Å². The number of hydrogen-bond acceptors (Lipinski definition) is 3. The Bertz CT molecular complexity index is 594. The molecule has 0 aromatic heterocycles. The van der Waals surface area contributed by atoms with Crippen molar-refractivity contribution in [2.45, 2.75) is 64.0 Å². The van der Waals surface area contributed by atoms with Crippen LogP contribution in [0.3, 0.4) is 0 Å². The van der Waals surface area contributed by atoms with Gasteiger partial charge in [0.1, 0.15) is 5.78 Å². The molecule has 0 N–H and O–H groups in total. The Morgan fingerprint density at radius 1 is 1.09 bits per heavy atom. The Kier molecular flexibility index (Phi) is 3.61. The molecule has 4 aliphatic rings. The summed E-state index contributed by atoms with van der Waals surface area (Å²) in [4.78, 5) is 24.6. The summed E-state index contributed by atoms with van der Waals surface area (Å²) < 4.78 is 0. The fourth-order valence-electron chi connectivity index (χ4n) is 6.68. The van der Waals surface area contributed by atoms with Crippen molar-refractivity contribution in [2.75, 3.05) is 6.26 Å². The molecule has 0 bridgehead atoms. The summed E-state index contributed by atoms with van der Waals surface area (Å²) in [6, 6.07) is 0. The maximum Gasteiger partial charge on any atom is 0.156 e. The molecule has 0 saturated heterocycles. The molecule has 0 spiro atoms. The van der Waals surface area contributed by atoms with Gasteiger partial charge in [0.05, 0.1) is 0 Å². The van der Waals surface area contributed by atoms with Crippen molar-refractivity contribution >= 4 is 23.3 Å². The van der Waals surface area contributed by atoms with Crippen LogP contribution in [0, 0.1) is 28.6 Å². The van der Waals surface area contributed by atoms with Crippen molar-refractivity contribution in [2.24, 2.45) is 28.6 Å². The summed E-state index contributed by atoms with van der Waals surface area (Å²) in [5.41, 5.74) is 1.55. The number of hydrogen-bond donors (Lipinski definition) is 0. The van der Waals surface area contributed by atoms with Gasteiger partial charge < -0.3 is 0 Å². The Labute approximate surface area is 143 Å². The van der Waals surface area contributed by atoms with Gasteiger partial charge >= 0.3 is 0 Å². The predicted octanol–water partition coefficient (Wildman–Crippen LogP) is 4.43. The minimum Gasteiger partial charge on any atom is -0.299 e. The van der Waals surface area contributed by atoms with Crippen molar-refractivity contribution < 1.29 is 9.59 Å². The van der Waals surface area contributed by atoms with Crippen molar-refractivity contribution in [1.82, 2.24) is 0 Å². The summed E-state index contributed by atoms with van der Waals surface area (Å²) >= 11 is 1.89. The van der Waals surface area contributed by atoms with Gasteiger partial charge in [-0.25, -0.2) is 0 Å². The third kappa shape index (κ3) is 2.01. The lowest BCUT2D eigenvalue weighted by Gasteiger charge is -2.58. The number of fused-ring (bicyclic) bond motifs is 5. The molecular weight excluding hydrogens is 304 g/mol. The quantitative estimate of drug-likeness (QED) is 0.712. The minimum absolute atomic E-state index is 0.0436. The molecule has 1 unspecified atom stereocenters. The lowest BCUT2D eigenvalue weighted by Crippen LogP contribution is -2.54. The van der Waals surface area contributed by atoms with Gasteiger partial charge in [-0.2, -0.15) is 11.8 Å². The van der Waals surface area contributed by atoms with E-state index >= 15 is 0 Å². The molecule has 23 heavy (non-hydrogen) atoms. The van der Waals surface area contributed by atoms with Crippen LogP contribution in [0.5, 0.6) is 0 Å². The highest BCUT2D eigenvalue weighted by molar-refractivity contribution is 7.99. The number of carbonyl (C=O) groups excluding carboxylic acids is 2. The second kappa shape index (κ2) is 5.21. The van der Waals surface area contributed by atoms with Crippen molar-refractivity contribution in [3.63, 3.8) is 0 Å². The van der Waals surface area contributed by atoms with Gasteiger partial charge in [-0.1, -0.05) is 19.4 Å². The summed E-state index contributed by atoms with van der Waals surface area (Å²) in [7, 11) is 0. The molecule has 4 rings (SSSR count). The molecule has 0 aliphatic heterocycles. The number of rotatable bonds is 1. The zero-order valence-corrected chi connectivity index (χ0v) is 15.4. The summed E-state index contributed by atoms with van der Waals surface area (Å²) in [5.74, 6) is 2.79. The maximum absolute atomic E-state index is 12.5. The second-order valence-corrected chi connectivity index (χ2v) is 9.72. The first kappa shape index (κ1) is 15.9. The van der Waals surface area contributed by atoms with Crippen LogP contribution in [0.15, 0.2) is 11.6 Å². The Balaban J connectivity index is 1.74. The SMILES string of the molecule is CSC1CC(=O)C=C2CC[C@H]3[C@@H]4CCC(=O)[C@@]4(C)CC[C@@H]3[C@]21C. The minimum atomic E-state index is -0.0436. The van der Waals surface area contributed by atoms with E-state index < -0.39 is 0 Å². The predicted molar refractivity (Wildman–Crippen MR) is 94.4 cm³/mol. The molecular formula is C20H28O2S. The first-order valence-electron chi connectivity index (χ1n) is 9.21. The van der Waals surface area contributed by atoms with Gasteiger partial charge in [0, 0.05) is 28.9 Å². The zero-order valence-electron chi connectivity index (χ0n) is 14.6. The smallest absolute Gasteiger partial charge is 0.156 e. The standard InChI is InChI=1S/C20H28O2S/c1-19-9-8-16-14(15(19)6-7-17(19)22)5-4-12-10-13(21)11-18(23-3)20(12,16)2/h10,14-16,18H,4-9,11H2,1-3H3/t14-,15-,16-,18?,19-,20-/m0/s1. The normalized spacial score (nSPS) is 49.3. The number of Topliss-reactive ketones (excluding diaryl/α,β-unsaturated/α-hetero) is 1. The average Bonchev–Trinajstić information content (AvgIpc) is 2.83. The topological polar surface area (TPSA) is 34.1 Å². The summed E-state index contributed by atoms with van der Waals surface area (Å²) in [5, 5.41) is 0.421. The molecule has 0 radical (unpaired) electrons. The van der Waals surface area contributed by atoms with Gasteiger partial charge in [-0.3, -0.25) is 9.59 Å². The van der Waals surface area contributed by atoms with Crippen LogP contribution in [0.25, 0.3) is 0 Å². The summed E-state index contributed by atoms with van der Waals surface area (Å²) in [6.07, 6.45) is 11.2. The van der Waals surface area contributed by atoms with Crippen LogP contribution < -0.4 is 0 Å². The fraction of sp³-hybridized carbons (Fsp3) is 0.800. The van der Waals surface area contributed by atoms with Crippen LogP contribution >= 0.6 is 11.8 Å². The van der Waals surface area contributed by atoms with Gasteiger partial charge in [-0.15, -0.1) is 0 Å². The van der Waals surface area contributed by atoms with E-state index in [1.165, 1.54) is 18.4 Å². The third-order valence-electron chi connectivity index (χ3n) is 8.03. The molecule has 0 heterocycles. The molecule has 0 aromatic rings. The van der Waals surface area contributed by atoms with Crippen LogP contribution in [0.2, 0.25) is 0 Å². The Hall–Kier alpha value is -0.570. The van der Waals surface area contributed by atoms with Crippen LogP contribution in [-0.2, 0) is 9.59 Å². The highest BCUT2D eigenvalue weighted by Crippen LogP contribution is 2.65. The third-order valence-corrected chi connectivity index (χ3v) is 9.26. The summed E-state index contributed by atoms with van der Waals surface area (Å²) in [6.45, 7) is 4.68.